The topological polar surface area (TPSA) is 103 Å². The average Bonchev–Trinajstić information content (AvgIpc) is 2.43. The molecule has 1 aromatic heterocycles. The van der Waals surface area contributed by atoms with Gasteiger partial charge in [-0.2, -0.15) is 0 Å². The first-order chi connectivity index (χ1) is 10.6. The van der Waals surface area contributed by atoms with E-state index in [0.29, 0.717) is 0 Å². The molecule has 0 saturated heterocycles. The summed E-state index contributed by atoms with van der Waals surface area (Å²) in [5.41, 5.74) is -0.597. The van der Waals surface area contributed by atoms with Crippen molar-refractivity contribution in [3.05, 3.63) is 23.9 Å². The van der Waals surface area contributed by atoms with Gasteiger partial charge in [0, 0.05) is 6.20 Å². The normalized spacial score (nSPS) is 11.2. The molecule has 0 bridgehead atoms. The highest BCUT2D eigenvalue weighted by atomic mass is 32.2. The van der Waals surface area contributed by atoms with E-state index in [0.717, 1.165) is 4.31 Å². The Balaban J connectivity index is 3.00. The van der Waals surface area contributed by atoms with Crippen LogP contribution in [-0.4, -0.2) is 44.1 Å². The fourth-order valence-electron chi connectivity index (χ4n) is 1.62. The zero-order valence-corrected chi connectivity index (χ0v) is 14.3. The van der Waals surface area contributed by atoms with Crippen LogP contribution in [0.5, 0.6) is 0 Å². The summed E-state index contributed by atoms with van der Waals surface area (Å²) >= 11 is 0. The Hall–Kier alpha value is -2.16. The van der Waals surface area contributed by atoms with E-state index in [1.165, 1.54) is 18.3 Å². The molecule has 0 N–H and O–H groups in total. The molecule has 0 amide bonds. The maximum atomic E-state index is 11.8. The van der Waals surface area contributed by atoms with Gasteiger partial charge in [0.25, 0.3) is 0 Å². The molecule has 0 aliphatic heterocycles. The number of hydrogen-bond acceptors (Lipinski definition) is 7. The molecule has 1 aromatic rings. The van der Waals surface area contributed by atoms with Crippen molar-refractivity contribution in [3.63, 3.8) is 0 Å². The van der Waals surface area contributed by atoms with Crippen molar-refractivity contribution in [3.8, 4) is 0 Å². The minimum atomic E-state index is -3.14. The van der Waals surface area contributed by atoms with Crippen LogP contribution >= 0.6 is 0 Å². The molecule has 0 unspecified atom stereocenters. The number of anilines is 1. The number of hydrogen-bond donors (Lipinski definition) is 1. The van der Waals surface area contributed by atoms with E-state index in [1.54, 1.807) is 27.7 Å². The van der Waals surface area contributed by atoms with Crippen LogP contribution in [0, 0.1) is 0 Å². The highest BCUT2D eigenvalue weighted by molar-refractivity contribution is 7.74. The lowest BCUT2D eigenvalue weighted by Gasteiger charge is -2.22. The van der Waals surface area contributed by atoms with Crippen LogP contribution < -0.4 is 4.31 Å². The van der Waals surface area contributed by atoms with E-state index in [4.69, 9.17) is 9.47 Å². The lowest BCUT2D eigenvalue weighted by atomic mass is 10.2. The minimum Gasteiger partial charge on any atom is -0.462 e. The summed E-state index contributed by atoms with van der Waals surface area (Å²) in [5.74, 6) is -1.38. The number of rotatable bonds is 6. The molecule has 1 rings (SSSR count). The lowest BCUT2D eigenvalue weighted by Crippen LogP contribution is -2.34. The first-order valence-electron chi connectivity index (χ1n) is 6.91. The third kappa shape index (κ3) is 6.23. The van der Waals surface area contributed by atoms with Gasteiger partial charge in [-0.3, -0.25) is 4.79 Å². The summed E-state index contributed by atoms with van der Waals surface area (Å²) in [7, 11) is -3.14. The van der Waals surface area contributed by atoms with Crippen LogP contribution in [0.1, 0.15) is 38.1 Å². The van der Waals surface area contributed by atoms with Gasteiger partial charge in [-0.25, -0.2) is 22.5 Å². The monoisotopic (exact) mass is 344 g/mol. The number of carbonyl (C=O) groups excluding carboxylic acids is 2. The van der Waals surface area contributed by atoms with E-state index < -0.39 is 35.0 Å². The molecular formula is C14H20N2O6S. The van der Waals surface area contributed by atoms with E-state index >= 15 is 0 Å². The molecule has 8 nitrogen and oxygen atoms in total. The molecule has 128 valence electrons. The predicted molar refractivity (Wildman–Crippen MR) is 83.7 cm³/mol. The third-order valence-electron chi connectivity index (χ3n) is 2.42. The van der Waals surface area contributed by atoms with Crippen LogP contribution in [0.25, 0.3) is 0 Å². The number of pyridine rings is 1. The molecule has 0 radical (unpaired) electrons. The number of esters is 2. The van der Waals surface area contributed by atoms with Crippen molar-refractivity contribution < 1.29 is 27.5 Å². The van der Waals surface area contributed by atoms with E-state index in [1.807, 2.05) is 0 Å². The smallest absolute Gasteiger partial charge is 0.338 e. The quantitative estimate of drug-likeness (QED) is 0.605. The van der Waals surface area contributed by atoms with Gasteiger partial charge in [0.05, 0.1) is 12.2 Å². The number of aromatic nitrogens is 1. The van der Waals surface area contributed by atoms with Crippen LogP contribution in [-0.2, 0) is 25.2 Å². The number of nitrogens with zero attached hydrogens (tertiary/aromatic N) is 2. The second-order valence-electron chi connectivity index (χ2n) is 5.51. The second-order valence-corrected chi connectivity index (χ2v) is 6.46. The van der Waals surface area contributed by atoms with Crippen molar-refractivity contribution >= 4 is 28.6 Å². The van der Waals surface area contributed by atoms with Gasteiger partial charge in [0.2, 0.25) is 10.9 Å². The van der Waals surface area contributed by atoms with E-state index in [2.05, 4.69) is 4.98 Å². The third-order valence-corrected chi connectivity index (χ3v) is 3.16. The first-order valence-corrected chi connectivity index (χ1v) is 8.04. The molecule has 9 heteroatoms. The Morgan fingerprint density at radius 3 is 2.48 bits per heavy atom. The maximum absolute atomic E-state index is 11.8. The number of ether oxygens (including phenoxy) is 2. The van der Waals surface area contributed by atoms with Crippen molar-refractivity contribution in [1.82, 2.24) is 4.98 Å². The van der Waals surface area contributed by atoms with Crippen LogP contribution in [0.3, 0.4) is 0 Å². The second kappa shape index (κ2) is 7.91. The standard InChI is InChI=1S/C14H20N2O6S/c1-5-21-13(18)10-6-7-15-11(8-10)16(23(19)20)9-12(17)22-14(2,3)4/h6-8,23H,5,9H2,1-4H3. The molecule has 1 heterocycles. The van der Waals surface area contributed by atoms with Gasteiger partial charge in [0.1, 0.15) is 18.0 Å². The molecular weight excluding hydrogens is 324 g/mol. The van der Waals surface area contributed by atoms with Crippen molar-refractivity contribution in [2.45, 2.75) is 33.3 Å². The molecule has 0 aromatic carbocycles. The van der Waals surface area contributed by atoms with Crippen molar-refractivity contribution in [2.75, 3.05) is 17.5 Å². The van der Waals surface area contributed by atoms with Crippen molar-refractivity contribution in [2.24, 2.45) is 0 Å². The Morgan fingerprint density at radius 2 is 1.96 bits per heavy atom. The minimum absolute atomic E-state index is 0.0578. The summed E-state index contributed by atoms with van der Waals surface area (Å²) in [6, 6.07) is 2.64. The molecule has 0 aliphatic carbocycles. The van der Waals surface area contributed by atoms with Crippen molar-refractivity contribution in [1.29, 1.82) is 0 Å². The SMILES string of the molecule is CCOC(=O)c1ccnc(N(CC(=O)OC(C)(C)C)[SH](=O)=O)c1. The highest BCUT2D eigenvalue weighted by Gasteiger charge is 2.22. The van der Waals surface area contributed by atoms with E-state index in [-0.39, 0.29) is 18.0 Å². The molecule has 0 spiro atoms. The summed E-state index contributed by atoms with van der Waals surface area (Å²) in [6.07, 6.45) is 1.27. The van der Waals surface area contributed by atoms with Gasteiger partial charge in [-0.1, -0.05) is 0 Å². The van der Waals surface area contributed by atoms with Crippen LogP contribution in [0.2, 0.25) is 0 Å². The fraction of sp³-hybridized carbons (Fsp3) is 0.500. The Kier molecular flexibility index (Phi) is 6.49. The zero-order valence-electron chi connectivity index (χ0n) is 13.4. The summed E-state index contributed by atoms with van der Waals surface area (Å²) in [6.45, 7) is 6.33. The Morgan fingerprint density at radius 1 is 1.30 bits per heavy atom. The maximum Gasteiger partial charge on any atom is 0.338 e. The van der Waals surface area contributed by atoms with E-state index in [9.17, 15) is 18.0 Å². The predicted octanol–water partition coefficient (Wildman–Crippen LogP) is 0.933. The summed E-state index contributed by atoms with van der Waals surface area (Å²) < 4.78 is 33.5. The number of carbonyl (C=O) groups is 2. The molecule has 0 atom stereocenters. The Bertz CT molecular complexity index is 643. The molecule has 0 saturated carbocycles. The van der Waals surface area contributed by atoms with Crippen LogP contribution in [0.4, 0.5) is 5.82 Å². The Labute approximate surface area is 136 Å². The molecule has 23 heavy (non-hydrogen) atoms. The van der Waals surface area contributed by atoms with Gasteiger partial charge in [-0.15, -0.1) is 0 Å². The average molecular weight is 344 g/mol. The fourth-order valence-corrected chi connectivity index (χ4v) is 2.13. The molecule has 0 fully saturated rings. The first kappa shape index (κ1) is 18.9. The number of thiol groups is 1. The van der Waals surface area contributed by atoms with Gasteiger partial charge >= 0.3 is 11.9 Å². The van der Waals surface area contributed by atoms with Gasteiger partial charge < -0.3 is 9.47 Å². The van der Waals surface area contributed by atoms with Gasteiger partial charge in [0.15, 0.2) is 0 Å². The summed E-state index contributed by atoms with van der Waals surface area (Å²) in [5, 5.41) is 0. The van der Waals surface area contributed by atoms with Gasteiger partial charge in [-0.05, 0) is 39.8 Å². The summed E-state index contributed by atoms with van der Waals surface area (Å²) in [4.78, 5) is 27.4. The van der Waals surface area contributed by atoms with Crippen LogP contribution in [0.15, 0.2) is 18.3 Å². The largest absolute Gasteiger partial charge is 0.462 e. The lowest BCUT2D eigenvalue weighted by molar-refractivity contribution is -0.152. The zero-order chi connectivity index (χ0) is 17.6. The highest BCUT2D eigenvalue weighted by Crippen LogP contribution is 2.15. The molecule has 0 aliphatic rings.